The first kappa shape index (κ1) is 53.5. The molecule has 13 heteroatoms. The maximum absolute atomic E-state index is 13.6. The fourth-order valence-corrected chi connectivity index (χ4v) is 8.78. The van der Waals surface area contributed by atoms with E-state index in [1.165, 1.54) is 109 Å². The predicted octanol–water partition coefficient (Wildman–Crippen LogP) is 13.3. The number of allylic oxidation sites excluding steroid dienone is 1. The zero-order chi connectivity index (χ0) is 44.0. The molecule has 0 saturated heterocycles. The van der Waals surface area contributed by atoms with Crippen LogP contribution in [0, 0.1) is 10.1 Å². The molecule has 0 aromatic heterocycles. The SMILES string of the molecule is CCCCCCCCCCCCC/C=C/[C@@H](O)[C@H](NC(=O)CCCCCCCCCCCCCCC)C(OP(=O)(O)O)C(c1ccccc1)c1cc(O)c(Br)cc1[N+](=O)[O-]. The van der Waals surface area contributed by atoms with E-state index in [-0.39, 0.29) is 22.2 Å². The van der Waals surface area contributed by atoms with E-state index < -0.39 is 48.5 Å². The maximum atomic E-state index is 13.6. The number of phenolic OH excluding ortho intramolecular Hbond substituents is 1. The molecule has 2 aromatic rings. The van der Waals surface area contributed by atoms with Crippen LogP contribution in [0.1, 0.15) is 198 Å². The predicted molar refractivity (Wildman–Crippen MR) is 246 cm³/mol. The monoisotopic (exact) mass is 922 g/mol. The standard InChI is InChI=1S/C47H76BrN2O9P/c1-3-5-7-9-11-13-15-17-19-21-23-25-30-34-42(51)46(49-44(53)35-31-26-24-22-20-18-16-14-12-10-8-6-4-2)47(59-60(56,57)58)45(38-32-28-27-29-33-38)39-36-43(52)40(48)37-41(39)50(54)55/h27-30,32-34,36-37,42,45-47,51-52H,3-26,31,35H2,1-2H3,(H,49,53)(H2,56,57,58)/b34-30+/t42-,45?,46+,47?/m1/s1. The quantitative estimate of drug-likeness (QED) is 0.0146. The van der Waals surface area contributed by atoms with Gasteiger partial charge in [-0.1, -0.05) is 198 Å². The van der Waals surface area contributed by atoms with Gasteiger partial charge in [-0.15, -0.1) is 0 Å². The maximum Gasteiger partial charge on any atom is 0.469 e. The number of aliphatic hydroxyl groups is 1. The highest BCUT2D eigenvalue weighted by Crippen LogP contribution is 2.47. The van der Waals surface area contributed by atoms with Crippen molar-refractivity contribution in [3.8, 4) is 5.75 Å². The second kappa shape index (κ2) is 32.1. The van der Waals surface area contributed by atoms with Crippen LogP contribution in [0.25, 0.3) is 0 Å². The van der Waals surface area contributed by atoms with Crippen molar-refractivity contribution >= 4 is 35.3 Å². The Hall–Kier alpha value is -2.60. The van der Waals surface area contributed by atoms with Crippen LogP contribution in [0.2, 0.25) is 0 Å². The Kier molecular flexibility index (Phi) is 28.7. The van der Waals surface area contributed by atoms with E-state index in [0.29, 0.717) is 18.4 Å². The van der Waals surface area contributed by atoms with Gasteiger partial charge in [0.1, 0.15) is 11.9 Å². The van der Waals surface area contributed by atoms with Gasteiger partial charge in [0.05, 0.1) is 21.5 Å². The Morgan fingerprint density at radius 2 is 1.25 bits per heavy atom. The highest BCUT2D eigenvalue weighted by atomic mass is 79.9. The van der Waals surface area contributed by atoms with Gasteiger partial charge in [-0.05, 0) is 46.8 Å². The number of nitrogens with zero attached hydrogens (tertiary/aromatic N) is 1. The number of aromatic hydroxyl groups is 1. The number of carbonyl (C=O) groups excluding carboxylic acids is 1. The van der Waals surface area contributed by atoms with Gasteiger partial charge in [0.15, 0.2) is 0 Å². The Morgan fingerprint density at radius 3 is 1.72 bits per heavy atom. The highest BCUT2D eigenvalue weighted by Gasteiger charge is 2.43. The first-order valence-electron chi connectivity index (χ1n) is 23.0. The van der Waals surface area contributed by atoms with Crippen molar-refractivity contribution in [2.24, 2.45) is 0 Å². The number of phosphoric ester groups is 1. The van der Waals surface area contributed by atoms with Gasteiger partial charge in [-0.3, -0.25) is 19.4 Å². The summed E-state index contributed by atoms with van der Waals surface area (Å²) in [6, 6.07) is 9.08. The number of rotatable bonds is 36. The molecule has 0 fully saturated rings. The minimum absolute atomic E-state index is 0.0465. The van der Waals surface area contributed by atoms with Gasteiger partial charge in [0, 0.05) is 24.0 Å². The molecule has 0 heterocycles. The third-order valence-electron chi connectivity index (χ3n) is 11.2. The molecular formula is C47H76BrN2O9P. The molecule has 1 amide bonds. The number of nitro groups is 1. The molecule has 340 valence electrons. The number of amides is 1. The minimum Gasteiger partial charge on any atom is -0.507 e. The molecule has 0 aliphatic carbocycles. The van der Waals surface area contributed by atoms with E-state index in [4.69, 9.17) is 4.52 Å². The molecule has 11 nitrogen and oxygen atoms in total. The third-order valence-corrected chi connectivity index (χ3v) is 12.4. The molecule has 2 rings (SSSR count). The average Bonchev–Trinajstić information content (AvgIpc) is 3.21. The van der Waals surface area contributed by atoms with E-state index in [1.807, 2.05) is 0 Å². The summed E-state index contributed by atoms with van der Waals surface area (Å²) in [6.07, 6.45) is 28.8. The number of phenols is 1. The van der Waals surface area contributed by atoms with Crippen LogP contribution >= 0.6 is 23.8 Å². The Balaban J connectivity index is 2.25. The zero-order valence-electron chi connectivity index (χ0n) is 36.5. The van der Waals surface area contributed by atoms with Crippen LogP contribution in [0.3, 0.4) is 0 Å². The van der Waals surface area contributed by atoms with Gasteiger partial charge in [-0.2, -0.15) is 0 Å². The molecule has 0 aliphatic rings. The lowest BCUT2D eigenvalue weighted by molar-refractivity contribution is -0.385. The van der Waals surface area contributed by atoms with Gasteiger partial charge in [0.2, 0.25) is 5.91 Å². The van der Waals surface area contributed by atoms with E-state index in [0.717, 1.165) is 57.1 Å². The van der Waals surface area contributed by atoms with E-state index >= 15 is 0 Å². The average molecular weight is 924 g/mol. The lowest BCUT2D eigenvalue weighted by atomic mass is 9.81. The Labute approximate surface area is 369 Å². The number of carbonyl (C=O) groups is 1. The van der Waals surface area contributed by atoms with Crippen molar-refractivity contribution in [3.63, 3.8) is 0 Å². The fraction of sp³-hybridized carbons (Fsp3) is 0.681. The van der Waals surface area contributed by atoms with Gasteiger partial charge >= 0.3 is 7.82 Å². The van der Waals surface area contributed by atoms with Gasteiger partial charge < -0.3 is 25.3 Å². The van der Waals surface area contributed by atoms with Gasteiger partial charge in [-0.25, -0.2) is 4.57 Å². The number of nitrogens with one attached hydrogen (secondary N) is 1. The number of hydrogen-bond donors (Lipinski definition) is 5. The molecule has 0 bridgehead atoms. The number of aliphatic hydroxyl groups excluding tert-OH is 1. The van der Waals surface area contributed by atoms with E-state index in [1.54, 1.807) is 36.4 Å². The molecular weight excluding hydrogens is 847 g/mol. The number of hydrogen-bond acceptors (Lipinski definition) is 7. The molecule has 2 unspecified atom stereocenters. The van der Waals surface area contributed by atoms with E-state index in [9.17, 15) is 39.5 Å². The van der Waals surface area contributed by atoms with Crippen LogP contribution in [-0.4, -0.2) is 49.1 Å². The largest absolute Gasteiger partial charge is 0.507 e. The smallest absolute Gasteiger partial charge is 0.469 e. The molecule has 2 aromatic carbocycles. The number of halogens is 1. The molecule has 4 atom stereocenters. The number of nitro benzene ring substituents is 1. The molecule has 0 radical (unpaired) electrons. The second-order valence-corrected chi connectivity index (χ2v) is 18.4. The van der Waals surface area contributed by atoms with Crippen molar-refractivity contribution in [1.82, 2.24) is 5.32 Å². The first-order valence-corrected chi connectivity index (χ1v) is 25.3. The minimum atomic E-state index is -5.35. The van der Waals surface area contributed by atoms with Crippen molar-refractivity contribution in [3.05, 3.63) is 80.3 Å². The van der Waals surface area contributed by atoms with Crippen molar-refractivity contribution in [1.29, 1.82) is 0 Å². The number of unbranched alkanes of at least 4 members (excludes halogenated alkanes) is 23. The lowest BCUT2D eigenvalue weighted by Crippen LogP contribution is -2.53. The van der Waals surface area contributed by atoms with Crippen LogP contribution in [0.4, 0.5) is 5.69 Å². The normalized spacial score (nSPS) is 14.0. The van der Waals surface area contributed by atoms with Crippen molar-refractivity contribution in [2.45, 2.75) is 205 Å². The molecule has 0 saturated carbocycles. The molecule has 5 N–H and O–H groups in total. The zero-order valence-corrected chi connectivity index (χ0v) is 39.0. The summed E-state index contributed by atoms with van der Waals surface area (Å²) >= 11 is 3.14. The van der Waals surface area contributed by atoms with E-state index in [2.05, 4.69) is 35.1 Å². The summed E-state index contributed by atoms with van der Waals surface area (Å²) in [6.45, 7) is 4.45. The molecule has 60 heavy (non-hydrogen) atoms. The fourth-order valence-electron chi connectivity index (χ4n) is 7.88. The second-order valence-electron chi connectivity index (χ2n) is 16.4. The van der Waals surface area contributed by atoms with Crippen LogP contribution in [0.5, 0.6) is 5.75 Å². The van der Waals surface area contributed by atoms with Gasteiger partial charge in [0.25, 0.3) is 5.69 Å². The summed E-state index contributed by atoms with van der Waals surface area (Å²) < 4.78 is 18.3. The third kappa shape index (κ3) is 23.0. The Morgan fingerprint density at radius 1 is 0.783 bits per heavy atom. The summed E-state index contributed by atoms with van der Waals surface area (Å²) in [5.74, 6) is -2.11. The van der Waals surface area contributed by atoms with Crippen molar-refractivity contribution in [2.75, 3.05) is 0 Å². The molecule has 0 aliphatic heterocycles. The summed E-state index contributed by atoms with van der Waals surface area (Å²) in [4.78, 5) is 46.0. The van der Waals surface area contributed by atoms with Crippen LogP contribution in [0.15, 0.2) is 59.1 Å². The summed E-state index contributed by atoms with van der Waals surface area (Å²) in [5, 5.41) is 37.8. The molecule has 0 spiro atoms. The van der Waals surface area contributed by atoms with Crippen molar-refractivity contribution < 1.29 is 38.8 Å². The Bertz CT molecular complexity index is 1540. The van der Waals surface area contributed by atoms with Crippen LogP contribution in [-0.2, 0) is 13.9 Å². The first-order chi connectivity index (χ1) is 28.9. The highest BCUT2D eigenvalue weighted by molar-refractivity contribution is 9.10. The topological polar surface area (TPSA) is 179 Å². The lowest BCUT2D eigenvalue weighted by Gasteiger charge is -2.36. The number of benzene rings is 2. The summed E-state index contributed by atoms with van der Waals surface area (Å²) in [7, 11) is -5.35. The number of phosphoric acid groups is 1. The summed E-state index contributed by atoms with van der Waals surface area (Å²) in [5.41, 5.74) is -0.210. The van der Waals surface area contributed by atoms with Crippen LogP contribution < -0.4 is 5.32 Å².